The Bertz CT molecular complexity index is 1570. The van der Waals surface area contributed by atoms with Crippen molar-refractivity contribution in [3.05, 3.63) is 58.3 Å². The molecule has 3 aliphatic rings. The number of hydrogen-bond donors (Lipinski definition) is 1. The molecule has 3 atom stereocenters. The van der Waals surface area contributed by atoms with Gasteiger partial charge in [-0.25, -0.2) is 4.99 Å². The molecule has 2 heterocycles. The van der Waals surface area contributed by atoms with Crippen LogP contribution in [0.25, 0.3) is 10.9 Å². The lowest BCUT2D eigenvalue weighted by Gasteiger charge is -2.27. The van der Waals surface area contributed by atoms with Crippen LogP contribution in [0.2, 0.25) is 0 Å². The van der Waals surface area contributed by atoms with Gasteiger partial charge in [-0.05, 0) is 86.4 Å². The number of hydrogen-bond acceptors (Lipinski definition) is 7. The molecule has 2 aliphatic carbocycles. The molecule has 1 amide bonds. The molecule has 3 unspecified atom stereocenters. The number of aryl methyl sites for hydroxylation is 3. The summed E-state index contributed by atoms with van der Waals surface area (Å²) in [5, 5.41) is 4.44. The van der Waals surface area contributed by atoms with Crippen molar-refractivity contribution in [3.8, 4) is 11.5 Å². The molecule has 230 valence electrons. The SMILES string of the molecule is C1CC2CC2C1.CCC1(c2cc(OC)c(C)cc2OC)CSC(NC(=O)c2cc3c(C)c(C)ccc3n2CC(=O)OC)=N1. The molecule has 0 bridgehead atoms. The predicted octanol–water partition coefficient (Wildman–Crippen LogP) is 6.70. The normalized spacial score (nSPS) is 21.9. The van der Waals surface area contributed by atoms with E-state index in [1.165, 1.54) is 37.1 Å². The number of carbonyl (C=O) groups excluding carboxylic acids is 2. The van der Waals surface area contributed by atoms with E-state index >= 15 is 0 Å². The van der Waals surface area contributed by atoms with E-state index in [-0.39, 0.29) is 12.5 Å². The van der Waals surface area contributed by atoms with E-state index < -0.39 is 11.5 Å². The van der Waals surface area contributed by atoms with Gasteiger partial charge in [0, 0.05) is 22.2 Å². The topological polar surface area (TPSA) is 91.2 Å². The number of amides is 1. The minimum atomic E-state index is -0.577. The van der Waals surface area contributed by atoms with Crippen LogP contribution >= 0.6 is 11.8 Å². The number of thioether (sulfide) groups is 1. The Kier molecular flexibility index (Phi) is 9.11. The lowest BCUT2D eigenvalue weighted by atomic mass is 9.88. The monoisotopic (exact) mass is 605 g/mol. The van der Waals surface area contributed by atoms with Crippen LogP contribution in [0, 0.1) is 32.6 Å². The van der Waals surface area contributed by atoms with Gasteiger partial charge in [-0.3, -0.25) is 14.9 Å². The first kappa shape index (κ1) is 31.0. The van der Waals surface area contributed by atoms with Gasteiger partial charge in [0.1, 0.15) is 29.3 Å². The number of nitrogens with zero attached hydrogens (tertiary/aromatic N) is 2. The van der Waals surface area contributed by atoms with Gasteiger partial charge in [-0.15, -0.1) is 0 Å². The summed E-state index contributed by atoms with van der Waals surface area (Å²) in [6.07, 6.45) is 6.95. The van der Waals surface area contributed by atoms with Crippen LogP contribution in [-0.4, -0.2) is 48.7 Å². The third kappa shape index (κ3) is 6.14. The fourth-order valence-electron chi connectivity index (χ4n) is 6.39. The van der Waals surface area contributed by atoms with E-state index in [4.69, 9.17) is 19.2 Å². The van der Waals surface area contributed by atoms with Crippen LogP contribution < -0.4 is 14.8 Å². The zero-order valence-electron chi connectivity index (χ0n) is 26.3. The van der Waals surface area contributed by atoms with Crippen molar-refractivity contribution in [2.75, 3.05) is 27.1 Å². The molecule has 0 spiro atoms. The molecule has 2 saturated carbocycles. The maximum Gasteiger partial charge on any atom is 0.325 e. The Morgan fingerprint density at radius 3 is 2.33 bits per heavy atom. The van der Waals surface area contributed by atoms with E-state index in [0.717, 1.165) is 44.7 Å². The highest BCUT2D eigenvalue weighted by atomic mass is 32.2. The fourth-order valence-corrected chi connectivity index (χ4v) is 7.60. The Labute approximate surface area is 258 Å². The average molecular weight is 606 g/mol. The van der Waals surface area contributed by atoms with Crippen LogP contribution in [-0.2, 0) is 21.6 Å². The molecule has 8 nitrogen and oxygen atoms in total. The first-order valence-electron chi connectivity index (χ1n) is 15.1. The summed E-state index contributed by atoms with van der Waals surface area (Å²) in [4.78, 5) is 30.7. The maximum atomic E-state index is 13.5. The molecule has 1 aliphatic heterocycles. The average Bonchev–Trinajstić information content (AvgIpc) is 3.32. The lowest BCUT2D eigenvalue weighted by Crippen LogP contribution is -2.30. The van der Waals surface area contributed by atoms with Crippen LogP contribution in [0.1, 0.15) is 71.8 Å². The summed E-state index contributed by atoms with van der Waals surface area (Å²) in [6, 6.07) is 9.68. The second-order valence-electron chi connectivity index (χ2n) is 11.9. The fraction of sp³-hybridized carbons (Fsp3) is 0.500. The van der Waals surface area contributed by atoms with Gasteiger partial charge < -0.3 is 18.8 Å². The molecule has 2 fully saturated rings. The Balaban J connectivity index is 0.000000537. The van der Waals surface area contributed by atoms with Gasteiger partial charge in [-0.2, -0.15) is 0 Å². The summed E-state index contributed by atoms with van der Waals surface area (Å²) in [5.41, 5.74) is 4.67. The summed E-state index contributed by atoms with van der Waals surface area (Å²) >= 11 is 1.49. The van der Waals surface area contributed by atoms with Gasteiger partial charge in [0.15, 0.2) is 5.17 Å². The third-order valence-corrected chi connectivity index (χ3v) is 10.5. The molecular weight excluding hydrogens is 562 g/mol. The van der Waals surface area contributed by atoms with E-state index in [1.54, 1.807) is 38.0 Å². The number of nitrogens with one attached hydrogen (secondary N) is 1. The number of aliphatic imine (C=N–C) groups is 1. The minimum Gasteiger partial charge on any atom is -0.496 e. The highest BCUT2D eigenvalue weighted by Gasteiger charge is 2.41. The minimum absolute atomic E-state index is 0.0653. The molecule has 9 heteroatoms. The van der Waals surface area contributed by atoms with Gasteiger partial charge in [0.2, 0.25) is 0 Å². The first-order valence-corrected chi connectivity index (χ1v) is 16.1. The van der Waals surface area contributed by atoms with Crippen molar-refractivity contribution in [2.24, 2.45) is 16.8 Å². The van der Waals surface area contributed by atoms with Gasteiger partial charge >= 0.3 is 5.97 Å². The number of fused-ring (bicyclic) bond motifs is 2. The predicted molar refractivity (Wildman–Crippen MR) is 172 cm³/mol. The summed E-state index contributed by atoms with van der Waals surface area (Å²) in [5.74, 6) is 3.81. The molecule has 1 N–H and O–H groups in total. The number of esters is 1. The molecule has 0 radical (unpaired) electrons. The quantitative estimate of drug-likeness (QED) is 0.302. The molecule has 0 saturated heterocycles. The zero-order valence-corrected chi connectivity index (χ0v) is 27.2. The molecule has 1 aromatic heterocycles. The number of amidine groups is 1. The zero-order chi connectivity index (χ0) is 30.9. The van der Waals surface area contributed by atoms with Crippen LogP contribution in [0.3, 0.4) is 0 Å². The van der Waals surface area contributed by atoms with Crippen molar-refractivity contribution in [2.45, 2.75) is 71.9 Å². The van der Waals surface area contributed by atoms with Gasteiger partial charge in [-0.1, -0.05) is 44.0 Å². The maximum absolute atomic E-state index is 13.5. The van der Waals surface area contributed by atoms with E-state index in [1.807, 2.05) is 51.1 Å². The van der Waals surface area contributed by atoms with Crippen LogP contribution in [0.15, 0.2) is 35.3 Å². The highest BCUT2D eigenvalue weighted by molar-refractivity contribution is 8.14. The van der Waals surface area contributed by atoms with E-state index in [9.17, 15) is 9.59 Å². The number of ether oxygens (including phenoxy) is 3. The van der Waals surface area contributed by atoms with Crippen LogP contribution in [0.5, 0.6) is 11.5 Å². The Morgan fingerprint density at radius 2 is 1.74 bits per heavy atom. The Hall–Kier alpha value is -3.46. The molecular formula is C34H43N3O5S. The standard InChI is InChI=1S/C28H33N3O5S.C6H10/c1-8-28(20-13-23(34-5)17(3)11-24(20)35-6)15-37-27(30-28)29-26(33)22-12-19-18(4)16(2)9-10-21(19)31(22)14-25(32)36-7;1-2-5-4-6(5)3-1/h9-13H,8,14-15H2,1-7H3,(H,29,30,33);5-6H,1-4H2. The summed E-state index contributed by atoms with van der Waals surface area (Å²) in [7, 11) is 4.63. The van der Waals surface area contributed by atoms with E-state index in [0.29, 0.717) is 23.0 Å². The first-order chi connectivity index (χ1) is 20.6. The third-order valence-electron chi connectivity index (χ3n) is 9.38. The number of benzene rings is 2. The van der Waals surface area contributed by atoms with Crippen LogP contribution in [0.4, 0.5) is 0 Å². The second kappa shape index (κ2) is 12.6. The molecule has 6 rings (SSSR count). The Morgan fingerprint density at radius 1 is 1.02 bits per heavy atom. The molecule has 2 aromatic carbocycles. The molecule has 43 heavy (non-hydrogen) atoms. The number of aromatic nitrogens is 1. The lowest BCUT2D eigenvalue weighted by molar-refractivity contribution is -0.141. The summed E-state index contributed by atoms with van der Waals surface area (Å²) < 4.78 is 17.9. The van der Waals surface area contributed by atoms with Gasteiger partial charge in [0.05, 0.1) is 21.3 Å². The van der Waals surface area contributed by atoms with Crippen molar-refractivity contribution in [1.82, 2.24) is 9.88 Å². The second-order valence-corrected chi connectivity index (χ2v) is 12.8. The molecule has 3 aromatic rings. The van der Waals surface area contributed by atoms with E-state index in [2.05, 4.69) is 12.2 Å². The van der Waals surface area contributed by atoms with Gasteiger partial charge in [0.25, 0.3) is 5.91 Å². The number of rotatable bonds is 7. The highest BCUT2D eigenvalue weighted by Crippen LogP contribution is 2.51. The number of carbonyl (C=O) groups is 2. The largest absolute Gasteiger partial charge is 0.496 e. The smallest absolute Gasteiger partial charge is 0.325 e. The van der Waals surface area contributed by atoms with Crippen molar-refractivity contribution >= 4 is 39.7 Å². The number of methoxy groups -OCH3 is 3. The van der Waals surface area contributed by atoms with Crippen molar-refractivity contribution < 1.29 is 23.8 Å². The van der Waals surface area contributed by atoms with Crippen molar-refractivity contribution in [1.29, 1.82) is 0 Å². The van der Waals surface area contributed by atoms with Crippen molar-refractivity contribution in [3.63, 3.8) is 0 Å². The summed E-state index contributed by atoms with van der Waals surface area (Å²) in [6.45, 7) is 8.01.